The van der Waals surface area contributed by atoms with Crippen LogP contribution in [0, 0.1) is 17.0 Å². The molecule has 1 aliphatic heterocycles. The Morgan fingerprint density at radius 2 is 2.35 bits per heavy atom. The SMILES string of the molecule is Cc1cc(Cl)c(C2CNCCO2)c([N+](=O)[O-])c1. The molecule has 1 aromatic carbocycles. The Morgan fingerprint density at radius 1 is 1.59 bits per heavy atom. The van der Waals surface area contributed by atoms with Gasteiger partial charge in [-0.25, -0.2) is 0 Å². The molecule has 0 aliphatic carbocycles. The second kappa shape index (κ2) is 5.00. The number of nitro groups is 1. The van der Waals surface area contributed by atoms with Crippen molar-refractivity contribution in [2.24, 2.45) is 0 Å². The largest absolute Gasteiger partial charge is 0.371 e. The van der Waals surface area contributed by atoms with Gasteiger partial charge in [-0.05, 0) is 18.6 Å². The van der Waals surface area contributed by atoms with Crippen molar-refractivity contribution < 1.29 is 9.66 Å². The first kappa shape index (κ1) is 12.3. The van der Waals surface area contributed by atoms with E-state index in [-0.39, 0.29) is 11.8 Å². The molecule has 0 aromatic heterocycles. The fraction of sp³-hybridized carbons (Fsp3) is 0.455. The van der Waals surface area contributed by atoms with Crippen molar-refractivity contribution in [1.82, 2.24) is 5.32 Å². The lowest BCUT2D eigenvalue weighted by Crippen LogP contribution is -2.33. The maximum Gasteiger partial charge on any atom is 0.277 e. The van der Waals surface area contributed by atoms with Gasteiger partial charge in [0.1, 0.15) is 6.10 Å². The molecule has 1 N–H and O–H groups in total. The van der Waals surface area contributed by atoms with Crippen LogP contribution in [0.5, 0.6) is 0 Å². The van der Waals surface area contributed by atoms with Gasteiger partial charge in [0.15, 0.2) is 0 Å². The van der Waals surface area contributed by atoms with E-state index in [9.17, 15) is 10.1 Å². The van der Waals surface area contributed by atoms with E-state index in [1.807, 2.05) is 0 Å². The van der Waals surface area contributed by atoms with E-state index in [1.165, 1.54) is 6.07 Å². The topological polar surface area (TPSA) is 64.4 Å². The van der Waals surface area contributed by atoms with Crippen LogP contribution in [0.15, 0.2) is 12.1 Å². The molecule has 0 spiro atoms. The summed E-state index contributed by atoms with van der Waals surface area (Å²) in [5.74, 6) is 0. The monoisotopic (exact) mass is 256 g/mol. The number of nitrogens with zero attached hydrogens (tertiary/aromatic N) is 1. The van der Waals surface area contributed by atoms with Gasteiger partial charge in [0, 0.05) is 19.2 Å². The number of rotatable bonds is 2. The quantitative estimate of drug-likeness (QED) is 0.651. The number of nitrogens with one attached hydrogen (secondary N) is 1. The number of aryl methyl sites for hydroxylation is 1. The fourth-order valence-electron chi connectivity index (χ4n) is 1.96. The number of hydrogen-bond donors (Lipinski definition) is 1. The summed E-state index contributed by atoms with van der Waals surface area (Å²) in [4.78, 5) is 10.6. The van der Waals surface area contributed by atoms with Crippen molar-refractivity contribution >= 4 is 17.3 Å². The summed E-state index contributed by atoms with van der Waals surface area (Å²) >= 11 is 6.10. The minimum atomic E-state index is -0.411. The van der Waals surface area contributed by atoms with Crippen molar-refractivity contribution in [2.45, 2.75) is 13.0 Å². The number of ether oxygens (including phenoxy) is 1. The molecule has 1 heterocycles. The van der Waals surface area contributed by atoms with Crippen LogP contribution in [0.3, 0.4) is 0 Å². The second-order valence-corrected chi connectivity index (χ2v) is 4.41. The Balaban J connectivity index is 2.46. The molecule has 2 rings (SSSR count). The first-order valence-corrected chi connectivity index (χ1v) is 5.74. The van der Waals surface area contributed by atoms with Crippen LogP contribution >= 0.6 is 11.6 Å². The Morgan fingerprint density at radius 3 is 2.94 bits per heavy atom. The predicted octanol–water partition coefficient (Wildman–Crippen LogP) is 2.22. The number of morpholine rings is 1. The molecule has 1 unspecified atom stereocenters. The van der Waals surface area contributed by atoms with Gasteiger partial charge in [0.05, 0.1) is 22.1 Å². The van der Waals surface area contributed by atoms with E-state index in [1.54, 1.807) is 13.0 Å². The van der Waals surface area contributed by atoms with Gasteiger partial charge in [-0.15, -0.1) is 0 Å². The van der Waals surface area contributed by atoms with Crippen LogP contribution in [0.25, 0.3) is 0 Å². The third kappa shape index (κ3) is 2.57. The molecule has 0 radical (unpaired) electrons. The molecular weight excluding hydrogens is 244 g/mol. The summed E-state index contributed by atoms with van der Waals surface area (Å²) < 4.78 is 5.52. The summed E-state index contributed by atoms with van der Waals surface area (Å²) in [6.45, 7) is 3.62. The normalized spacial score (nSPS) is 20.2. The van der Waals surface area contributed by atoms with Crippen LogP contribution in [-0.2, 0) is 4.74 Å². The zero-order chi connectivity index (χ0) is 12.4. The summed E-state index contributed by atoms with van der Waals surface area (Å²) in [6.07, 6.45) is -0.350. The Bertz CT molecular complexity index is 445. The second-order valence-electron chi connectivity index (χ2n) is 4.00. The number of halogens is 1. The van der Waals surface area contributed by atoms with E-state index < -0.39 is 4.92 Å². The number of hydrogen-bond acceptors (Lipinski definition) is 4. The van der Waals surface area contributed by atoms with Gasteiger partial charge in [0.2, 0.25) is 0 Å². The summed E-state index contributed by atoms with van der Waals surface area (Å²) in [5, 5.41) is 14.6. The van der Waals surface area contributed by atoms with Crippen LogP contribution in [0.4, 0.5) is 5.69 Å². The average molecular weight is 257 g/mol. The van der Waals surface area contributed by atoms with Crippen molar-refractivity contribution in [1.29, 1.82) is 0 Å². The lowest BCUT2D eigenvalue weighted by Gasteiger charge is -2.24. The maximum atomic E-state index is 11.0. The Kier molecular flexibility index (Phi) is 3.61. The van der Waals surface area contributed by atoms with E-state index in [2.05, 4.69) is 5.32 Å². The summed E-state index contributed by atoms with van der Waals surface area (Å²) in [5.41, 5.74) is 1.27. The maximum absolute atomic E-state index is 11.0. The molecule has 1 aliphatic rings. The highest BCUT2D eigenvalue weighted by Gasteiger charge is 2.27. The molecule has 1 saturated heterocycles. The van der Waals surface area contributed by atoms with Gasteiger partial charge in [-0.3, -0.25) is 10.1 Å². The Hall–Kier alpha value is -1.17. The highest BCUT2D eigenvalue weighted by molar-refractivity contribution is 6.31. The predicted molar refractivity (Wildman–Crippen MR) is 64.4 cm³/mol. The van der Waals surface area contributed by atoms with Gasteiger partial charge >= 0.3 is 0 Å². The van der Waals surface area contributed by atoms with Crippen LogP contribution in [0.1, 0.15) is 17.2 Å². The summed E-state index contributed by atoms with van der Waals surface area (Å²) in [7, 11) is 0. The minimum Gasteiger partial charge on any atom is -0.371 e. The smallest absolute Gasteiger partial charge is 0.277 e. The molecule has 0 amide bonds. The standard InChI is InChI=1S/C11H13ClN2O3/c1-7-4-8(12)11(9(5-7)14(15)16)10-6-13-2-3-17-10/h4-5,10,13H,2-3,6H2,1H3. The minimum absolute atomic E-state index is 0.0312. The van der Waals surface area contributed by atoms with Crippen molar-refractivity contribution in [3.8, 4) is 0 Å². The van der Waals surface area contributed by atoms with Crippen molar-refractivity contribution in [2.75, 3.05) is 19.7 Å². The molecule has 17 heavy (non-hydrogen) atoms. The number of benzene rings is 1. The molecule has 6 heteroatoms. The van der Waals surface area contributed by atoms with Crippen LogP contribution in [0.2, 0.25) is 5.02 Å². The lowest BCUT2D eigenvalue weighted by atomic mass is 10.0. The van der Waals surface area contributed by atoms with E-state index >= 15 is 0 Å². The zero-order valence-electron chi connectivity index (χ0n) is 9.40. The van der Waals surface area contributed by atoms with Crippen LogP contribution < -0.4 is 5.32 Å². The van der Waals surface area contributed by atoms with Crippen molar-refractivity contribution in [3.05, 3.63) is 38.4 Å². The van der Waals surface area contributed by atoms with E-state index in [0.29, 0.717) is 23.7 Å². The molecule has 5 nitrogen and oxygen atoms in total. The third-order valence-corrected chi connectivity index (χ3v) is 3.01. The molecule has 1 atom stereocenters. The highest BCUT2D eigenvalue weighted by atomic mass is 35.5. The lowest BCUT2D eigenvalue weighted by molar-refractivity contribution is -0.386. The van der Waals surface area contributed by atoms with Gasteiger partial charge in [0.25, 0.3) is 5.69 Å². The molecule has 1 fully saturated rings. The Labute approximate surface area is 104 Å². The molecule has 92 valence electrons. The highest BCUT2D eigenvalue weighted by Crippen LogP contribution is 2.35. The van der Waals surface area contributed by atoms with Gasteiger partial charge in [-0.1, -0.05) is 11.6 Å². The molecule has 1 aromatic rings. The first-order valence-electron chi connectivity index (χ1n) is 5.36. The van der Waals surface area contributed by atoms with Crippen molar-refractivity contribution in [3.63, 3.8) is 0 Å². The van der Waals surface area contributed by atoms with Gasteiger partial charge < -0.3 is 10.1 Å². The van der Waals surface area contributed by atoms with Gasteiger partial charge in [-0.2, -0.15) is 0 Å². The van der Waals surface area contributed by atoms with E-state index in [4.69, 9.17) is 16.3 Å². The summed E-state index contributed by atoms with van der Waals surface area (Å²) in [6, 6.07) is 3.25. The third-order valence-electron chi connectivity index (χ3n) is 2.70. The first-order chi connectivity index (χ1) is 8.09. The molecule has 0 saturated carbocycles. The molecular formula is C11H13ClN2O3. The fourth-order valence-corrected chi connectivity index (χ4v) is 2.35. The van der Waals surface area contributed by atoms with E-state index in [0.717, 1.165) is 12.1 Å². The number of nitro benzene ring substituents is 1. The molecule has 0 bridgehead atoms. The average Bonchev–Trinajstić information content (AvgIpc) is 2.29. The zero-order valence-corrected chi connectivity index (χ0v) is 10.2. The van der Waals surface area contributed by atoms with Crippen LogP contribution in [-0.4, -0.2) is 24.6 Å².